The Morgan fingerprint density at radius 2 is 1.88 bits per heavy atom. The standard InChI is InChI=1S/C19H20I2N2O2/c1-4-25-19-16(20)8-14(9-17(19)21)11-22-23-18(24)10-15-6-5-12(2)7-13(15)3/h5-9,11H,4,10H2,1-3H3,(H,23,24)/b22-11-. The summed E-state index contributed by atoms with van der Waals surface area (Å²) in [7, 11) is 0. The van der Waals surface area contributed by atoms with Crippen molar-refractivity contribution in [1.82, 2.24) is 5.43 Å². The fraction of sp³-hybridized carbons (Fsp3) is 0.263. The summed E-state index contributed by atoms with van der Waals surface area (Å²) in [5.41, 5.74) is 6.85. The van der Waals surface area contributed by atoms with Gasteiger partial charge in [0.1, 0.15) is 5.75 Å². The number of hydrogen-bond acceptors (Lipinski definition) is 3. The highest BCUT2D eigenvalue weighted by Gasteiger charge is 2.08. The lowest BCUT2D eigenvalue weighted by atomic mass is 10.0. The molecule has 0 atom stereocenters. The summed E-state index contributed by atoms with van der Waals surface area (Å²) in [5, 5.41) is 4.07. The smallest absolute Gasteiger partial charge is 0.244 e. The highest BCUT2D eigenvalue weighted by molar-refractivity contribution is 14.1. The number of carbonyl (C=O) groups excluding carboxylic acids is 1. The van der Waals surface area contributed by atoms with E-state index >= 15 is 0 Å². The summed E-state index contributed by atoms with van der Waals surface area (Å²) >= 11 is 4.49. The van der Waals surface area contributed by atoms with Crippen molar-refractivity contribution in [3.8, 4) is 5.75 Å². The van der Waals surface area contributed by atoms with E-state index in [1.165, 1.54) is 5.56 Å². The van der Waals surface area contributed by atoms with Crippen LogP contribution >= 0.6 is 45.2 Å². The van der Waals surface area contributed by atoms with Crippen LogP contribution in [0.15, 0.2) is 35.4 Å². The Balaban J connectivity index is 1.99. The van der Waals surface area contributed by atoms with Gasteiger partial charge in [-0.05, 0) is 94.8 Å². The number of hydrogen-bond donors (Lipinski definition) is 1. The molecule has 1 N–H and O–H groups in total. The zero-order chi connectivity index (χ0) is 18.4. The molecule has 4 nitrogen and oxygen atoms in total. The molecule has 1 amide bonds. The average molecular weight is 562 g/mol. The van der Waals surface area contributed by atoms with Crippen molar-refractivity contribution in [3.63, 3.8) is 0 Å². The largest absolute Gasteiger partial charge is 0.492 e. The Labute approximate surface area is 175 Å². The predicted octanol–water partition coefficient (Wildman–Crippen LogP) is 4.60. The number of nitrogens with one attached hydrogen (secondary N) is 1. The lowest BCUT2D eigenvalue weighted by Gasteiger charge is -2.09. The maximum absolute atomic E-state index is 12.1. The van der Waals surface area contributed by atoms with Gasteiger partial charge in [0.15, 0.2) is 0 Å². The number of benzene rings is 2. The van der Waals surface area contributed by atoms with Crippen LogP contribution in [-0.4, -0.2) is 18.7 Å². The van der Waals surface area contributed by atoms with Crippen LogP contribution < -0.4 is 10.2 Å². The molecule has 0 fully saturated rings. The Morgan fingerprint density at radius 3 is 2.48 bits per heavy atom. The monoisotopic (exact) mass is 562 g/mol. The van der Waals surface area contributed by atoms with E-state index < -0.39 is 0 Å². The zero-order valence-electron chi connectivity index (χ0n) is 14.4. The van der Waals surface area contributed by atoms with Crippen LogP contribution in [-0.2, 0) is 11.2 Å². The minimum absolute atomic E-state index is 0.126. The number of amides is 1. The van der Waals surface area contributed by atoms with Crippen molar-refractivity contribution in [2.75, 3.05) is 6.61 Å². The third-order valence-electron chi connectivity index (χ3n) is 3.56. The first kappa shape index (κ1) is 20.2. The third-order valence-corrected chi connectivity index (χ3v) is 5.16. The Morgan fingerprint density at radius 1 is 1.20 bits per heavy atom. The summed E-state index contributed by atoms with van der Waals surface area (Å²) in [5.74, 6) is 0.762. The Hall–Kier alpha value is -1.16. The van der Waals surface area contributed by atoms with Crippen LogP contribution in [0.3, 0.4) is 0 Å². The molecule has 0 saturated heterocycles. The molecule has 132 valence electrons. The SMILES string of the molecule is CCOc1c(I)cc(/C=N\NC(=O)Cc2ccc(C)cc2C)cc1I. The van der Waals surface area contributed by atoms with Crippen LogP contribution in [0.2, 0.25) is 0 Å². The highest BCUT2D eigenvalue weighted by atomic mass is 127. The first-order chi connectivity index (χ1) is 11.9. The molecule has 0 aliphatic carbocycles. The molecule has 2 aromatic carbocycles. The number of nitrogens with zero attached hydrogens (tertiary/aromatic N) is 1. The minimum Gasteiger partial charge on any atom is -0.492 e. The summed E-state index contributed by atoms with van der Waals surface area (Å²) in [6, 6.07) is 10.0. The molecule has 0 heterocycles. The Kier molecular flexibility index (Phi) is 7.67. The quantitative estimate of drug-likeness (QED) is 0.318. The van der Waals surface area contributed by atoms with Crippen LogP contribution in [0.4, 0.5) is 0 Å². The number of ether oxygens (including phenoxy) is 1. The van der Waals surface area contributed by atoms with Gasteiger partial charge in [-0.1, -0.05) is 23.8 Å². The molecule has 0 radical (unpaired) electrons. The molecule has 2 aromatic rings. The van der Waals surface area contributed by atoms with Crippen molar-refractivity contribution < 1.29 is 9.53 Å². The average Bonchev–Trinajstić information content (AvgIpc) is 2.54. The Bertz CT molecular complexity index is 781. The van der Waals surface area contributed by atoms with Gasteiger partial charge in [0.25, 0.3) is 0 Å². The van der Waals surface area contributed by atoms with Gasteiger partial charge >= 0.3 is 0 Å². The highest BCUT2D eigenvalue weighted by Crippen LogP contribution is 2.28. The molecule has 0 spiro atoms. The van der Waals surface area contributed by atoms with E-state index in [0.717, 1.165) is 29.6 Å². The van der Waals surface area contributed by atoms with E-state index in [1.807, 2.05) is 45.0 Å². The van der Waals surface area contributed by atoms with E-state index in [0.29, 0.717) is 13.0 Å². The maximum atomic E-state index is 12.1. The van der Waals surface area contributed by atoms with Crippen LogP contribution in [0.1, 0.15) is 29.2 Å². The van der Waals surface area contributed by atoms with Crippen LogP contribution in [0, 0.1) is 21.0 Å². The number of carbonyl (C=O) groups is 1. The maximum Gasteiger partial charge on any atom is 0.244 e. The van der Waals surface area contributed by atoms with Crippen molar-refractivity contribution in [1.29, 1.82) is 0 Å². The van der Waals surface area contributed by atoms with Crippen molar-refractivity contribution >= 4 is 57.3 Å². The van der Waals surface area contributed by atoms with Gasteiger partial charge in [0.05, 0.1) is 26.4 Å². The second-order valence-corrected chi connectivity index (χ2v) is 7.97. The summed E-state index contributed by atoms with van der Waals surface area (Å²) in [6.07, 6.45) is 1.97. The van der Waals surface area contributed by atoms with E-state index in [9.17, 15) is 4.79 Å². The first-order valence-electron chi connectivity index (χ1n) is 7.90. The second kappa shape index (κ2) is 9.51. The normalized spacial score (nSPS) is 10.9. The van der Waals surface area contributed by atoms with Gasteiger partial charge in [-0.25, -0.2) is 5.43 Å². The fourth-order valence-corrected chi connectivity index (χ4v) is 4.50. The second-order valence-electron chi connectivity index (χ2n) is 5.65. The van der Waals surface area contributed by atoms with Crippen molar-refractivity contribution in [3.05, 3.63) is 59.7 Å². The van der Waals surface area contributed by atoms with Crippen LogP contribution in [0.5, 0.6) is 5.75 Å². The number of rotatable bonds is 6. The molecule has 2 rings (SSSR count). The van der Waals surface area contributed by atoms with Crippen LogP contribution in [0.25, 0.3) is 0 Å². The van der Waals surface area contributed by atoms with Crippen molar-refractivity contribution in [2.24, 2.45) is 5.10 Å². The number of aryl methyl sites for hydroxylation is 2. The zero-order valence-corrected chi connectivity index (χ0v) is 18.7. The predicted molar refractivity (Wildman–Crippen MR) is 118 cm³/mol. The molecule has 0 bridgehead atoms. The molecule has 0 aromatic heterocycles. The summed E-state index contributed by atoms with van der Waals surface area (Å²) in [6.45, 7) is 6.66. The fourth-order valence-electron chi connectivity index (χ4n) is 2.37. The molecule has 6 heteroatoms. The van der Waals surface area contributed by atoms with Gasteiger partial charge in [0, 0.05) is 0 Å². The minimum atomic E-state index is -0.126. The summed E-state index contributed by atoms with van der Waals surface area (Å²) in [4.78, 5) is 12.1. The van der Waals surface area contributed by atoms with Gasteiger partial charge in [-0.2, -0.15) is 5.10 Å². The molecular weight excluding hydrogens is 542 g/mol. The molecule has 0 saturated carbocycles. The molecule has 0 unspecified atom stereocenters. The van der Waals surface area contributed by atoms with Gasteiger partial charge in [-0.3, -0.25) is 4.79 Å². The van der Waals surface area contributed by atoms with E-state index in [4.69, 9.17) is 4.74 Å². The van der Waals surface area contributed by atoms with Gasteiger partial charge in [0.2, 0.25) is 5.91 Å². The molecular formula is C19H20I2N2O2. The topological polar surface area (TPSA) is 50.7 Å². The molecule has 25 heavy (non-hydrogen) atoms. The van der Waals surface area contributed by atoms with Gasteiger partial charge < -0.3 is 4.74 Å². The van der Waals surface area contributed by atoms with E-state index in [2.05, 4.69) is 61.8 Å². The van der Waals surface area contributed by atoms with E-state index in [-0.39, 0.29) is 5.91 Å². The molecule has 0 aliphatic heterocycles. The van der Waals surface area contributed by atoms with Gasteiger partial charge in [-0.15, -0.1) is 0 Å². The molecule has 0 aliphatic rings. The first-order valence-corrected chi connectivity index (χ1v) is 10.1. The summed E-state index contributed by atoms with van der Waals surface area (Å²) < 4.78 is 7.67. The van der Waals surface area contributed by atoms with Crippen molar-refractivity contribution in [2.45, 2.75) is 27.2 Å². The lowest BCUT2D eigenvalue weighted by molar-refractivity contribution is -0.120. The number of halogens is 2. The lowest BCUT2D eigenvalue weighted by Crippen LogP contribution is -2.20. The third kappa shape index (κ3) is 5.95. The van der Waals surface area contributed by atoms with E-state index in [1.54, 1.807) is 6.21 Å². The number of hydrazone groups is 1.